The summed E-state index contributed by atoms with van der Waals surface area (Å²) in [6.07, 6.45) is 2.30. The number of amides is 1. The Morgan fingerprint density at radius 1 is 1.16 bits per heavy atom. The zero-order valence-corrected chi connectivity index (χ0v) is 19.3. The van der Waals surface area contributed by atoms with Crippen molar-refractivity contribution < 1.29 is 9.18 Å². The Bertz CT molecular complexity index is 951. The lowest BCUT2D eigenvalue weighted by Gasteiger charge is -2.36. The zero-order chi connectivity index (χ0) is 22.3. The fourth-order valence-electron chi connectivity index (χ4n) is 4.27. The normalized spacial score (nSPS) is 18.8. The molecule has 0 spiro atoms. The number of aromatic nitrogens is 2. The number of halogens is 1. The van der Waals surface area contributed by atoms with E-state index in [1.54, 1.807) is 6.07 Å². The molecule has 1 saturated carbocycles. The predicted molar refractivity (Wildman–Crippen MR) is 121 cm³/mol. The molecule has 2 aliphatic rings. The molecule has 7 heteroatoms. The molecule has 2 fully saturated rings. The Kier molecular flexibility index (Phi) is 5.81. The first kappa shape index (κ1) is 21.8. The van der Waals surface area contributed by atoms with E-state index in [4.69, 9.17) is 0 Å². The van der Waals surface area contributed by atoms with Gasteiger partial charge in [0.05, 0.1) is 11.6 Å². The van der Waals surface area contributed by atoms with Crippen LogP contribution in [0, 0.1) is 5.82 Å². The first-order valence-electron chi connectivity index (χ1n) is 11.3. The number of likely N-dealkylation sites (N-methyl/N-ethyl adjacent to an activating group) is 1. The third-order valence-electron chi connectivity index (χ3n) is 6.25. The molecule has 6 nitrogen and oxygen atoms in total. The Morgan fingerprint density at radius 3 is 2.45 bits per heavy atom. The Morgan fingerprint density at radius 2 is 1.84 bits per heavy atom. The van der Waals surface area contributed by atoms with Crippen LogP contribution in [0.15, 0.2) is 24.3 Å². The number of hydrogen-bond acceptors (Lipinski definition) is 4. The van der Waals surface area contributed by atoms with Crippen LogP contribution in [0.3, 0.4) is 0 Å². The van der Waals surface area contributed by atoms with Crippen molar-refractivity contribution in [1.82, 2.24) is 20.0 Å². The van der Waals surface area contributed by atoms with Gasteiger partial charge in [0.25, 0.3) is 5.91 Å². The molecular formula is C24H34FN5O. The van der Waals surface area contributed by atoms with E-state index in [9.17, 15) is 9.18 Å². The van der Waals surface area contributed by atoms with Gasteiger partial charge in [-0.05, 0) is 71.8 Å². The average molecular weight is 428 g/mol. The van der Waals surface area contributed by atoms with E-state index in [0.717, 1.165) is 56.0 Å². The number of benzene rings is 1. The van der Waals surface area contributed by atoms with Gasteiger partial charge in [0.1, 0.15) is 11.5 Å². The SMILES string of the molecule is CC(NC(=O)c1cc(C2CC2)n(C(C)(C)C)n1)c1cc(F)ccc1N1CCN(C)CC1. The van der Waals surface area contributed by atoms with Gasteiger partial charge in [-0.1, -0.05) is 0 Å². The van der Waals surface area contributed by atoms with Gasteiger partial charge in [-0.2, -0.15) is 5.10 Å². The fraction of sp³-hybridized carbons (Fsp3) is 0.583. The van der Waals surface area contributed by atoms with Crippen LogP contribution in [-0.4, -0.2) is 53.8 Å². The topological polar surface area (TPSA) is 53.4 Å². The standard InChI is InChI=1S/C24H34FN5O/c1-16(19-14-18(25)8-9-21(19)29-12-10-28(5)11-13-29)26-23(31)20-15-22(17-6-7-17)30(27-20)24(2,3)4/h8-9,14-17H,6-7,10-13H2,1-5H3,(H,26,31). The highest BCUT2D eigenvalue weighted by Gasteiger charge is 2.33. The van der Waals surface area contributed by atoms with Gasteiger partial charge in [-0.3, -0.25) is 9.48 Å². The molecule has 1 saturated heterocycles. The number of carbonyl (C=O) groups excluding carboxylic acids is 1. The zero-order valence-electron chi connectivity index (χ0n) is 19.3. The van der Waals surface area contributed by atoms with Crippen LogP contribution in [0.4, 0.5) is 10.1 Å². The smallest absolute Gasteiger partial charge is 0.272 e. The monoisotopic (exact) mass is 427 g/mol. The van der Waals surface area contributed by atoms with E-state index in [0.29, 0.717) is 11.6 Å². The summed E-state index contributed by atoms with van der Waals surface area (Å²) in [5.74, 6) is -0.00857. The molecule has 2 heterocycles. The first-order chi connectivity index (χ1) is 14.6. The number of nitrogens with one attached hydrogen (secondary N) is 1. The summed E-state index contributed by atoms with van der Waals surface area (Å²) < 4.78 is 16.1. The lowest BCUT2D eigenvalue weighted by Crippen LogP contribution is -2.45. The van der Waals surface area contributed by atoms with Crippen molar-refractivity contribution in [1.29, 1.82) is 0 Å². The van der Waals surface area contributed by atoms with Crippen molar-refractivity contribution in [2.45, 2.75) is 58.0 Å². The second-order valence-corrected chi connectivity index (χ2v) is 10.00. The van der Waals surface area contributed by atoms with E-state index in [1.807, 2.05) is 23.7 Å². The molecule has 1 unspecified atom stereocenters. The second kappa shape index (κ2) is 8.26. The molecule has 1 N–H and O–H groups in total. The van der Waals surface area contributed by atoms with Crippen LogP contribution in [0.25, 0.3) is 0 Å². The number of rotatable bonds is 5. The number of anilines is 1. The summed E-state index contributed by atoms with van der Waals surface area (Å²) in [6, 6.07) is 6.47. The Balaban J connectivity index is 1.55. The van der Waals surface area contributed by atoms with Crippen molar-refractivity contribution in [3.05, 3.63) is 47.0 Å². The minimum Gasteiger partial charge on any atom is -0.369 e. The minimum atomic E-state index is -0.331. The van der Waals surface area contributed by atoms with Crippen molar-refractivity contribution in [2.75, 3.05) is 38.1 Å². The Hall–Kier alpha value is -2.41. The summed E-state index contributed by atoms with van der Waals surface area (Å²) in [4.78, 5) is 17.6. The van der Waals surface area contributed by atoms with E-state index in [1.165, 1.54) is 6.07 Å². The van der Waals surface area contributed by atoms with Gasteiger partial charge < -0.3 is 15.1 Å². The highest BCUT2D eigenvalue weighted by molar-refractivity contribution is 5.92. The van der Waals surface area contributed by atoms with E-state index >= 15 is 0 Å². The van der Waals surface area contributed by atoms with Crippen LogP contribution in [0.1, 0.15) is 74.2 Å². The molecule has 1 aliphatic heterocycles. The third-order valence-corrected chi connectivity index (χ3v) is 6.25. The molecule has 1 aromatic carbocycles. The van der Waals surface area contributed by atoms with Gasteiger partial charge in [-0.25, -0.2) is 4.39 Å². The lowest BCUT2D eigenvalue weighted by atomic mass is 10.0. The summed E-state index contributed by atoms with van der Waals surface area (Å²) in [7, 11) is 2.11. The third kappa shape index (κ3) is 4.76. The highest BCUT2D eigenvalue weighted by Crippen LogP contribution is 2.41. The first-order valence-corrected chi connectivity index (χ1v) is 11.3. The molecule has 0 bridgehead atoms. The molecule has 1 atom stereocenters. The summed E-state index contributed by atoms with van der Waals surface area (Å²) in [6.45, 7) is 11.9. The molecule has 0 radical (unpaired) electrons. The van der Waals surface area contributed by atoms with Crippen molar-refractivity contribution >= 4 is 11.6 Å². The molecule has 1 amide bonds. The number of nitrogens with zero attached hydrogens (tertiary/aromatic N) is 4. The maximum atomic E-state index is 14.1. The summed E-state index contributed by atoms with van der Waals surface area (Å²) in [5.41, 5.74) is 3.17. The molecule has 4 rings (SSSR count). The fourth-order valence-corrected chi connectivity index (χ4v) is 4.27. The molecule has 2 aromatic rings. The number of hydrogen-bond donors (Lipinski definition) is 1. The molecular weight excluding hydrogens is 393 g/mol. The maximum absolute atomic E-state index is 14.1. The molecule has 1 aromatic heterocycles. The van der Waals surface area contributed by atoms with Gasteiger partial charge in [0, 0.05) is 49.0 Å². The molecule has 31 heavy (non-hydrogen) atoms. The average Bonchev–Trinajstić information content (AvgIpc) is 3.45. The van der Waals surface area contributed by atoms with Crippen molar-refractivity contribution in [3.63, 3.8) is 0 Å². The van der Waals surface area contributed by atoms with Crippen LogP contribution < -0.4 is 10.2 Å². The van der Waals surface area contributed by atoms with Crippen LogP contribution in [0.2, 0.25) is 0 Å². The van der Waals surface area contributed by atoms with Crippen molar-refractivity contribution in [2.24, 2.45) is 0 Å². The van der Waals surface area contributed by atoms with E-state index < -0.39 is 0 Å². The maximum Gasteiger partial charge on any atom is 0.272 e. The summed E-state index contributed by atoms with van der Waals surface area (Å²) >= 11 is 0. The van der Waals surface area contributed by atoms with Crippen molar-refractivity contribution in [3.8, 4) is 0 Å². The van der Waals surface area contributed by atoms with Gasteiger partial charge in [-0.15, -0.1) is 0 Å². The summed E-state index contributed by atoms with van der Waals surface area (Å²) in [5, 5.41) is 7.70. The minimum absolute atomic E-state index is 0.181. The highest BCUT2D eigenvalue weighted by atomic mass is 19.1. The Labute approximate surface area is 184 Å². The van der Waals surface area contributed by atoms with Crippen LogP contribution >= 0.6 is 0 Å². The number of carbonyl (C=O) groups is 1. The van der Waals surface area contributed by atoms with E-state index in [-0.39, 0.29) is 23.3 Å². The van der Waals surface area contributed by atoms with Gasteiger partial charge in [0.2, 0.25) is 0 Å². The van der Waals surface area contributed by atoms with Crippen LogP contribution in [-0.2, 0) is 5.54 Å². The largest absolute Gasteiger partial charge is 0.369 e. The quantitative estimate of drug-likeness (QED) is 0.786. The molecule has 1 aliphatic carbocycles. The predicted octanol–water partition coefficient (Wildman–Crippen LogP) is 3.90. The molecule has 168 valence electrons. The van der Waals surface area contributed by atoms with E-state index in [2.05, 4.69) is 48.0 Å². The second-order valence-electron chi connectivity index (χ2n) is 10.00. The lowest BCUT2D eigenvalue weighted by molar-refractivity contribution is 0.0933. The van der Waals surface area contributed by atoms with Gasteiger partial charge in [0.15, 0.2) is 0 Å². The van der Waals surface area contributed by atoms with Gasteiger partial charge >= 0.3 is 0 Å². The number of piperazine rings is 1. The van der Waals surface area contributed by atoms with Crippen LogP contribution in [0.5, 0.6) is 0 Å².